The van der Waals surface area contributed by atoms with Crippen molar-refractivity contribution in [1.82, 2.24) is 9.80 Å². The summed E-state index contributed by atoms with van der Waals surface area (Å²) in [6.07, 6.45) is 4.57. The molecule has 2 heterocycles. The van der Waals surface area contributed by atoms with E-state index in [2.05, 4.69) is 15.9 Å². The standard InChI is InChI=1S/C13H24N4/c1-13(15,11-14)5-3-6-16-8-9-17-7-2-4-12(17)10-16/h12H,2-10,15H2,1H3. The maximum absolute atomic E-state index is 8.86. The van der Waals surface area contributed by atoms with Crippen molar-refractivity contribution in [2.75, 3.05) is 32.7 Å². The smallest absolute Gasteiger partial charge is 0.101 e. The molecule has 2 rings (SSSR count). The Morgan fingerprint density at radius 2 is 2.24 bits per heavy atom. The van der Waals surface area contributed by atoms with Gasteiger partial charge in [-0.05, 0) is 45.7 Å². The lowest BCUT2D eigenvalue weighted by atomic mass is 9.99. The van der Waals surface area contributed by atoms with Crippen molar-refractivity contribution in [3.8, 4) is 6.07 Å². The summed E-state index contributed by atoms with van der Waals surface area (Å²) in [6, 6.07) is 2.96. The van der Waals surface area contributed by atoms with Crippen molar-refractivity contribution in [2.45, 2.75) is 44.2 Å². The molecule has 0 bridgehead atoms. The number of hydrogen-bond acceptors (Lipinski definition) is 4. The van der Waals surface area contributed by atoms with Gasteiger partial charge in [-0.15, -0.1) is 0 Å². The highest BCUT2D eigenvalue weighted by atomic mass is 15.3. The molecule has 0 amide bonds. The van der Waals surface area contributed by atoms with Crippen LogP contribution in [0.1, 0.15) is 32.6 Å². The zero-order chi connectivity index (χ0) is 12.3. The lowest BCUT2D eigenvalue weighted by Crippen LogP contribution is -2.50. The summed E-state index contributed by atoms with van der Waals surface area (Å²) in [6.45, 7) is 7.84. The fourth-order valence-corrected chi connectivity index (χ4v) is 2.98. The number of nitrogens with zero attached hydrogens (tertiary/aromatic N) is 3. The van der Waals surface area contributed by atoms with Gasteiger partial charge < -0.3 is 10.6 Å². The molecular weight excluding hydrogens is 212 g/mol. The van der Waals surface area contributed by atoms with Crippen molar-refractivity contribution in [3.63, 3.8) is 0 Å². The molecule has 2 atom stereocenters. The second-order valence-corrected chi connectivity index (χ2v) is 5.77. The van der Waals surface area contributed by atoms with E-state index >= 15 is 0 Å². The van der Waals surface area contributed by atoms with Gasteiger partial charge in [0.25, 0.3) is 0 Å². The van der Waals surface area contributed by atoms with Gasteiger partial charge in [-0.25, -0.2) is 0 Å². The first kappa shape index (κ1) is 12.8. The Balaban J connectivity index is 1.69. The molecule has 2 aliphatic heterocycles. The molecule has 2 saturated heterocycles. The molecule has 2 fully saturated rings. The maximum atomic E-state index is 8.86. The number of rotatable bonds is 4. The van der Waals surface area contributed by atoms with Crippen LogP contribution in [0.5, 0.6) is 0 Å². The van der Waals surface area contributed by atoms with Crippen LogP contribution in [0.3, 0.4) is 0 Å². The van der Waals surface area contributed by atoms with E-state index in [1.807, 2.05) is 6.92 Å². The van der Waals surface area contributed by atoms with E-state index in [1.165, 1.54) is 39.0 Å². The maximum Gasteiger partial charge on any atom is 0.101 e. The van der Waals surface area contributed by atoms with Crippen LogP contribution in [-0.4, -0.2) is 54.1 Å². The average Bonchev–Trinajstić information content (AvgIpc) is 2.76. The van der Waals surface area contributed by atoms with E-state index in [0.29, 0.717) is 0 Å². The highest BCUT2D eigenvalue weighted by Gasteiger charge is 2.30. The monoisotopic (exact) mass is 236 g/mol. The van der Waals surface area contributed by atoms with E-state index in [0.717, 1.165) is 25.4 Å². The van der Waals surface area contributed by atoms with Crippen LogP contribution < -0.4 is 5.73 Å². The van der Waals surface area contributed by atoms with Crippen molar-refractivity contribution < 1.29 is 0 Å². The Bertz CT molecular complexity index is 294. The van der Waals surface area contributed by atoms with E-state index in [9.17, 15) is 0 Å². The van der Waals surface area contributed by atoms with Gasteiger partial charge in [0, 0.05) is 25.7 Å². The van der Waals surface area contributed by atoms with Gasteiger partial charge >= 0.3 is 0 Å². The molecule has 0 radical (unpaired) electrons. The number of nitriles is 1. The topological polar surface area (TPSA) is 56.3 Å². The van der Waals surface area contributed by atoms with Gasteiger partial charge in [0.2, 0.25) is 0 Å². The molecule has 17 heavy (non-hydrogen) atoms. The fraction of sp³-hybridized carbons (Fsp3) is 0.923. The van der Waals surface area contributed by atoms with Gasteiger partial charge in [0.15, 0.2) is 0 Å². The van der Waals surface area contributed by atoms with Crippen LogP contribution in [0.2, 0.25) is 0 Å². The minimum Gasteiger partial charge on any atom is -0.314 e. The lowest BCUT2D eigenvalue weighted by molar-refractivity contribution is 0.102. The van der Waals surface area contributed by atoms with Crippen molar-refractivity contribution >= 4 is 0 Å². The number of nitrogens with two attached hydrogens (primary N) is 1. The van der Waals surface area contributed by atoms with Crippen LogP contribution in [0.15, 0.2) is 0 Å². The SMILES string of the molecule is CC(N)(C#N)CCCN1CCN2CCCC2C1. The molecular formula is C13H24N4. The largest absolute Gasteiger partial charge is 0.314 e. The highest BCUT2D eigenvalue weighted by Crippen LogP contribution is 2.21. The Morgan fingerprint density at radius 1 is 1.41 bits per heavy atom. The van der Waals surface area contributed by atoms with E-state index in [4.69, 9.17) is 11.0 Å². The summed E-state index contributed by atoms with van der Waals surface area (Å²) < 4.78 is 0. The molecule has 2 aliphatic rings. The first-order valence-electron chi connectivity index (χ1n) is 6.77. The molecule has 0 saturated carbocycles. The number of fused-ring (bicyclic) bond motifs is 1. The van der Waals surface area contributed by atoms with Gasteiger partial charge in [-0.2, -0.15) is 5.26 Å². The van der Waals surface area contributed by atoms with Gasteiger partial charge in [-0.3, -0.25) is 4.90 Å². The van der Waals surface area contributed by atoms with Crippen LogP contribution in [0, 0.1) is 11.3 Å². The third-order valence-corrected chi connectivity index (χ3v) is 4.10. The zero-order valence-electron chi connectivity index (χ0n) is 10.9. The second kappa shape index (κ2) is 5.34. The minimum absolute atomic E-state index is 0.644. The minimum atomic E-state index is -0.644. The van der Waals surface area contributed by atoms with Gasteiger partial charge in [0.1, 0.15) is 5.54 Å². The third-order valence-electron chi connectivity index (χ3n) is 4.10. The summed E-state index contributed by atoms with van der Waals surface area (Å²) >= 11 is 0. The van der Waals surface area contributed by atoms with E-state index in [-0.39, 0.29) is 0 Å². The normalized spacial score (nSPS) is 29.6. The molecule has 0 aromatic heterocycles. The predicted octanol–water partition coefficient (Wildman–Crippen LogP) is 0.788. The van der Waals surface area contributed by atoms with Crippen molar-refractivity contribution in [2.24, 2.45) is 5.73 Å². The highest BCUT2D eigenvalue weighted by molar-refractivity contribution is 5.00. The molecule has 2 N–H and O–H groups in total. The van der Waals surface area contributed by atoms with Crippen molar-refractivity contribution in [1.29, 1.82) is 5.26 Å². The Labute approximate surface area is 104 Å². The number of hydrogen-bond donors (Lipinski definition) is 1. The van der Waals surface area contributed by atoms with Crippen LogP contribution >= 0.6 is 0 Å². The van der Waals surface area contributed by atoms with Crippen LogP contribution in [0.25, 0.3) is 0 Å². The molecule has 4 nitrogen and oxygen atoms in total. The third kappa shape index (κ3) is 3.41. The quantitative estimate of drug-likeness (QED) is 0.784. The first-order chi connectivity index (χ1) is 8.11. The summed E-state index contributed by atoms with van der Waals surface area (Å²) in [4.78, 5) is 5.17. The summed E-state index contributed by atoms with van der Waals surface area (Å²) in [5, 5.41) is 8.86. The molecule has 4 heteroatoms. The van der Waals surface area contributed by atoms with Gasteiger partial charge in [0.05, 0.1) is 6.07 Å². The Hall–Kier alpha value is -0.630. The van der Waals surface area contributed by atoms with Crippen molar-refractivity contribution in [3.05, 3.63) is 0 Å². The Kier molecular flexibility index (Phi) is 4.03. The second-order valence-electron chi connectivity index (χ2n) is 5.77. The molecule has 0 aromatic carbocycles. The summed E-state index contributed by atoms with van der Waals surface area (Å²) in [5.74, 6) is 0. The lowest BCUT2D eigenvalue weighted by Gasteiger charge is -2.37. The summed E-state index contributed by atoms with van der Waals surface area (Å²) in [5.41, 5.74) is 5.19. The number of piperazine rings is 1. The molecule has 0 aromatic rings. The molecule has 2 unspecified atom stereocenters. The Morgan fingerprint density at radius 3 is 3.00 bits per heavy atom. The van der Waals surface area contributed by atoms with Gasteiger partial charge in [-0.1, -0.05) is 0 Å². The zero-order valence-corrected chi connectivity index (χ0v) is 10.9. The summed E-state index contributed by atoms with van der Waals surface area (Å²) in [7, 11) is 0. The predicted molar refractivity (Wildman–Crippen MR) is 68.5 cm³/mol. The van der Waals surface area contributed by atoms with Crippen LogP contribution in [-0.2, 0) is 0 Å². The fourth-order valence-electron chi connectivity index (χ4n) is 2.98. The van der Waals surface area contributed by atoms with E-state index in [1.54, 1.807) is 0 Å². The molecule has 96 valence electrons. The first-order valence-corrected chi connectivity index (χ1v) is 6.77. The molecule has 0 spiro atoms. The van der Waals surface area contributed by atoms with E-state index < -0.39 is 5.54 Å². The van der Waals surface area contributed by atoms with Crippen LogP contribution in [0.4, 0.5) is 0 Å². The average molecular weight is 236 g/mol. The molecule has 0 aliphatic carbocycles.